The van der Waals surface area contributed by atoms with Gasteiger partial charge in [0.1, 0.15) is 0 Å². The van der Waals surface area contributed by atoms with E-state index in [9.17, 15) is 4.79 Å². The second kappa shape index (κ2) is 6.56. The zero-order chi connectivity index (χ0) is 10.3. The summed E-state index contributed by atoms with van der Waals surface area (Å²) in [5.74, 6) is -0.985. The molecule has 0 atom stereocenters. The minimum Gasteiger partial charge on any atom is -0.481 e. The second-order valence-electron chi connectivity index (χ2n) is 3.03. The summed E-state index contributed by atoms with van der Waals surface area (Å²) in [6, 6.07) is 0. The molecule has 76 valence electrons. The molecule has 0 fully saturated rings. The highest BCUT2D eigenvalue weighted by Crippen LogP contribution is 1.86. The van der Waals surface area contributed by atoms with Crippen LogP contribution in [0.4, 0.5) is 0 Å². The van der Waals surface area contributed by atoms with Crippen LogP contribution in [0.15, 0.2) is 0 Å². The molecule has 0 spiro atoms. The Morgan fingerprint density at radius 3 is 2.62 bits per heavy atom. The third-order valence-corrected chi connectivity index (χ3v) is 1.32. The predicted molar refractivity (Wildman–Crippen MR) is 49.4 cm³/mol. The van der Waals surface area contributed by atoms with E-state index in [0.29, 0.717) is 6.61 Å². The molecule has 0 aliphatic carbocycles. The van der Waals surface area contributed by atoms with Crippen molar-refractivity contribution in [2.45, 2.75) is 6.42 Å². The summed E-state index contributed by atoms with van der Waals surface area (Å²) < 4.78 is 5.08. The first-order valence-corrected chi connectivity index (χ1v) is 4.03. The van der Waals surface area contributed by atoms with Crippen molar-refractivity contribution in [2.75, 3.05) is 33.9 Å². The van der Waals surface area contributed by atoms with Crippen molar-refractivity contribution in [1.82, 2.24) is 4.90 Å². The molecule has 0 aliphatic rings. The summed E-state index contributed by atoms with van der Waals surface area (Å²) in [5, 5.41) is 15.5. The van der Waals surface area contributed by atoms with Gasteiger partial charge in [0.2, 0.25) is 0 Å². The molecule has 0 bridgehead atoms. The number of nitrogens with zero attached hydrogens (tertiary/aromatic N) is 1. The Kier molecular flexibility index (Phi) is 6.09. The van der Waals surface area contributed by atoms with Crippen LogP contribution in [-0.4, -0.2) is 55.5 Å². The van der Waals surface area contributed by atoms with Crippen LogP contribution < -0.4 is 0 Å². The lowest BCUT2D eigenvalue weighted by Gasteiger charge is -2.09. The highest BCUT2D eigenvalue weighted by atomic mass is 16.5. The molecule has 0 aromatic heterocycles. The number of rotatable bonds is 7. The Morgan fingerprint density at radius 2 is 2.15 bits per heavy atom. The van der Waals surface area contributed by atoms with E-state index < -0.39 is 5.97 Å². The van der Waals surface area contributed by atoms with Crippen LogP contribution in [0.1, 0.15) is 6.42 Å². The van der Waals surface area contributed by atoms with E-state index in [1.807, 2.05) is 19.0 Å². The molecular formula is C8H16N2O3. The molecule has 0 aliphatic heterocycles. The first kappa shape index (κ1) is 12.1. The molecule has 0 rings (SSSR count). The van der Waals surface area contributed by atoms with E-state index in [1.54, 1.807) is 0 Å². The van der Waals surface area contributed by atoms with Crippen molar-refractivity contribution >= 4 is 11.7 Å². The normalized spacial score (nSPS) is 10.4. The lowest BCUT2D eigenvalue weighted by Crippen LogP contribution is -2.20. The van der Waals surface area contributed by atoms with Crippen molar-refractivity contribution in [2.24, 2.45) is 0 Å². The van der Waals surface area contributed by atoms with Gasteiger partial charge < -0.3 is 20.2 Å². The molecule has 0 aromatic carbocycles. The Bertz CT molecular complexity index is 180. The first-order chi connectivity index (χ1) is 6.02. The minimum atomic E-state index is -0.985. The number of aliphatic carboxylic acids is 1. The number of carboxylic acids is 1. The number of nitrogens with one attached hydrogen (secondary N) is 1. The van der Waals surface area contributed by atoms with Crippen LogP contribution in [-0.2, 0) is 9.53 Å². The summed E-state index contributed by atoms with van der Waals surface area (Å²) >= 11 is 0. The molecule has 5 heteroatoms. The number of hydrogen-bond donors (Lipinski definition) is 2. The molecule has 5 nitrogen and oxygen atoms in total. The van der Waals surface area contributed by atoms with E-state index in [0.717, 1.165) is 6.54 Å². The number of likely N-dealkylation sites (N-methyl/N-ethyl adjacent to an activating group) is 1. The number of carbonyl (C=O) groups is 1. The van der Waals surface area contributed by atoms with Gasteiger partial charge in [0.05, 0.1) is 19.6 Å². The largest absolute Gasteiger partial charge is 0.481 e. The van der Waals surface area contributed by atoms with Crippen LogP contribution in [0.25, 0.3) is 0 Å². The topological polar surface area (TPSA) is 73.6 Å². The molecule has 0 saturated heterocycles. The lowest BCUT2D eigenvalue weighted by atomic mass is 10.3. The fraction of sp³-hybridized carbons (Fsp3) is 0.750. The number of hydrogen-bond acceptors (Lipinski definition) is 4. The van der Waals surface area contributed by atoms with Gasteiger partial charge in [-0.25, -0.2) is 0 Å². The van der Waals surface area contributed by atoms with Crippen molar-refractivity contribution in [3.8, 4) is 0 Å². The Morgan fingerprint density at radius 1 is 1.54 bits per heavy atom. The van der Waals surface area contributed by atoms with Crippen LogP contribution in [0, 0.1) is 5.41 Å². The average Bonchev–Trinajstić information content (AvgIpc) is 1.96. The highest BCUT2D eigenvalue weighted by molar-refractivity contribution is 5.97. The van der Waals surface area contributed by atoms with Gasteiger partial charge in [0, 0.05) is 12.3 Å². The van der Waals surface area contributed by atoms with Crippen molar-refractivity contribution < 1.29 is 14.6 Å². The molecule has 0 saturated carbocycles. The summed E-state index contributed by atoms with van der Waals surface area (Å²) in [5.41, 5.74) is 0.103. The third kappa shape index (κ3) is 8.97. The average molecular weight is 188 g/mol. The van der Waals surface area contributed by atoms with Gasteiger partial charge in [0.25, 0.3) is 0 Å². The van der Waals surface area contributed by atoms with Gasteiger partial charge in [0.15, 0.2) is 0 Å². The van der Waals surface area contributed by atoms with E-state index in [2.05, 4.69) is 0 Å². The monoisotopic (exact) mass is 188 g/mol. The van der Waals surface area contributed by atoms with Crippen molar-refractivity contribution in [3.63, 3.8) is 0 Å². The molecule has 2 N–H and O–H groups in total. The predicted octanol–water partition coefficient (Wildman–Crippen LogP) is 0.0591. The van der Waals surface area contributed by atoms with Crippen LogP contribution in [0.2, 0.25) is 0 Å². The summed E-state index contributed by atoms with van der Waals surface area (Å²) in [6.45, 7) is 1.41. The molecule has 0 heterocycles. The van der Waals surface area contributed by atoms with Crippen molar-refractivity contribution in [3.05, 3.63) is 0 Å². The maximum Gasteiger partial charge on any atom is 0.309 e. The molecule has 0 amide bonds. The van der Waals surface area contributed by atoms with Gasteiger partial charge in [-0.1, -0.05) is 0 Å². The fourth-order valence-electron chi connectivity index (χ4n) is 0.676. The van der Waals surface area contributed by atoms with Gasteiger partial charge in [-0.3, -0.25) is 4.79 Å². The van der Waals surface area contributed by atoms with Crippen LogP contribution in [0.5, 0.6) is 0 Å². The van der Waals surface area contributed by atoms with Gasteiger partial charge >= 0.3 is 5.97 Å². The van der Waals surface area contributed by atoms with Gasteiger partial charge in [-0.05, 0) is 14.1 Å². The fourth-order valence-corrected chi connectivity index (χ4v) is 0.676. The third-order valence-electron chi connectivity index (χ3n) is 1.32. The maximum atomic E-state index is 10.1. The minimum absolute atomic E-state index is 0.103. The summed E-state index contributed by atoms with van der Waals surface area (Å²) in [7, 11) is 3.85. The molecule has 0 unspecified atom stereocenters. The van der Waals surface area contributed by atoms with E-state index in [-0.39, 0.29) is 18.7 Å². The highest BCUT2D eigenvalue weighted by Gasteiger charge is 2.03. The molecule has 13 heavy (non-hydrogen) atoms. The first-order valence-electron chi connectivity index (χ1n) is 4.03. The van der Waals surface area contributed by atoms with E-state index >= 15 is 0 Å². The van der Waals surface area contributed by atoms with Crippen LogP contribution in [0.3, 0.4) is 0 Å². The molecule has 0 radical (unpaired) electrons. The van der Waals surface area contributed by atoms with Crippen molar-refractivity contribution in [1.29, 1.82) is 5.41 Å². The maximum absolute atomic E-state index is 10.1. The SMILES string of the molecule is CN(C)CCOCC(=N)CC(=O)O. The summed E-state index contributed by atoms with van der Waals surface area (Å²) in [6.07, 6.45) is -0.234. The van der Waals surface area contributed by atoms with Gasteiger partial charge in [-0.15, -0.1) is 0 Å². The van der Waals surface area contributed by atoms with Gasteiger partial charge in [-0.2, -0.15) is 0 Å². The summed E-state index contributed by atoms with van der Waals surface area (Å²) in [4.78, 5) is 12.1. The molecular weight excluding hydrogens is 172 g/mol. The Hall–Kier alpha value is -0.940. The standard InChI is InChI=1S/C8H16N2O3/c1-10(2)3-4-13-6-7(9)5-8(11)12/h9H,3-6H2,1-2H3,(H,11,12). The number of carboxylic acid groups (broad SMARTS) is 1. The Labute approximate surface area is 77.8 Å². The quantitative estimate of drug-likeness (QED) is 0.437. The van der Waals surface area contributed by atoms with Crippen LogP contribution >= 0.6 is 0 Å². The number of ether oxygens (including phenoxy) is 1. The Balaban J connectivity index is 3.32. The van der Waals surface area contributed by atoms with E-state index in [4.69, 9.17) is 15.3 Å². The molecule has 0 aromatic rings. The smallest absolute Gasteiger partial charge is 0.309 e. The second-order valence-corrected chi connectivity index (χ2v) is 3.03. The van der Waals surface area contributed by atoms with E-state index in [1.165, 1.54) is 0 Å². The zero-order valence-electron chi connectivity index (χ0n) is 8.04. The zero-order valence-corrected chi connectivity index (χ0v) is 8.04. The lowest BCUT2D eigenvalue weighted by molar-refractivity contribution is -0.135.